The van der Waals surface area contributed by atoms with E-state index in [2.05, 4.69) is 17.5 Å². The highest BCUT2D eigenvalue weighted by Gasteiger charge is 2.11. The van der Waals surface area contributed by atoms with Crippen molar-refractivity contribution < 1.29 is 4.79 Å². The van der Waals surface area contributed by atoms with Crippen molar-refractivity contribution in [2.24, 2.45) is 5.92 Å². The predicted octanol–water partition coefficient (Wildman–Crippen LogP) is 0.903. The van der Waals surface area contributed by atoms with Crippen LogP contribution in [0.15, 0.2) is 35.3 Å². The van der Waals surface area contributed by atoms with E-state index in [1.165, 1.54) is 22.9 Å². The number of allylic oxidation sites excluding steroid dienone is 2. The highest BCUT2D eigenvalue weighted by molar-refractivity contribution is 5.75. The lowest BCUT2D eigenvalue weighted by Gasteiger charge is -2.18. The number of hydrogen-bond donors (Lipinski definition) is 2. The van der Waals surface area contributed by atoms with Gasteiger partial charge in [0.25, 0.3) is 5.56 Å². The lowest BCUT2D eigenvalue weighted by molar-refractivity contribution is -0.121. The summed E-state index contributed by atoms with van der Waals surface area (Å²) >= 11 is 0. The fourth-order valence-electron chi connectivity index (χ4n) is 2.18. The van der Waals surface area contributed by atoms with Crippen molar-refractivity contribution in [1.29, 1.82) is 0 Å². The Kier molecular flexibility index (Phi) is 4.39. The van der Waals surface area contributed by atoms with Crippen molar-refractivity contribution in [1.82, 2.24) is 9.88 Å². The maximum atomic E-state index is 11.8. The van der Waals surface area contributed by atoms with Crippen LogP contribution in [-0.2, 0) is 11.3 Å². The Hall–Kier alpha value is -2.04. The van der Waals surface area contributed by atoms with Crippen molar-refractivity contribution in [2.45, 2.75) is 25.8 Å². The highest BCUT2D eigenvalue weighted by atomic mass is 16.2. The molecule has 3 N–H and O–H groups in total. The van der Waals surface area contributed by atoms with E-state index < -0.39 is 0 Å². The first-order valence-corrected chi connectivity index (χ1v) is 6.53. The quantitative estimate of drug-likeness (QED) is 0.791. The van der Waals surface area contributed by atoms with Crippen LogP contribution in [-0.4, -0.2) is 17.0 Å². The topological polar surface area (TPSA) is 77.1 Å². The average molecular weight is 261 g/mol. The van der Waals surface area contributed by atoms with Crippen molar-refractivity contribution in [2.75, 3.05) is 12.3 Å². The molecular formula is C14H19N3O2. The van der Waals surface area contributed by atoms with Crippen molar-refractivity contribution in [3.8, 4) is 0 Å². The fraction of sp³-hybridized carbons (Fsp3) is 0.429. The standard InChI is InChI=1S/C14H19N3O2/c15-12-6-7-14(19)17(9-12)10-13(18)16-8-11-4-2-1-3-5-11/h1-2,6-7,9,11H,3-5,8,10,15H2,(H,16,18). The molecule has 0 fully saturated rings. The number of pyridine rings is 1. The molecular weight excluding hydrogens is 242 g/mol. The number of nitrogens with two attached hydrogens (primary N) is 1. The first-order chi connectivity index (χ1) is 9.15. The highest BCUT2D eigenvalue weighted by Crippen LogP contribution is 2.16. The maximum Gasteiger partial charge on any atom is 0.251 e. The van der Waals surface area contributed by atoms with E-state index in [4.69, 9.17) is 5.73 Å². The molecule has 1 atom stereocenters. The van der Waals surface area contributed by atoms with Gasteiger partial charge in [-0.25, -0.2) is 0 Å². The lowest BCUT2D eigenvalue weighted by atomic mass is 9.94. The smallest absolute Gasteiger partial charge is 0.251 e. The third-order valence-corrected chi connectivity index (χ3v) is 3.29. The minimum absolute atomic E-state index is 0.0203. The van der Waals surface area contributed by atoms with Gasteiger partial charge in [0, 0.05) is 24.5 Å². The summed E-state index contributed by atoms with van der Waals surface area (Å²) in [4.78, 5) is 23.3. The molecule has 5 nitrogen and oxygen atoms in total. The number of carbonyl (C=O) groups excluding carboxylic acids is 1. The summed E-state index contributed by atoms with van der Waals surface area (Å²) in [5, 5.41) is 2.87. The molecule has 1 amide bonds. The number of hydrogen-bond acceptors (Lipinski definition) is 3. The largest absolute Gasteiger partial charge is 0.398 e. The molecule has 0 saturated heterocycles. The van der Waals surface area contributed by atoms with Crippen LogP contribution in [0, 0.1) is 5.92 Å². The molecule has 1 heterocycles. The molecule has 0 saturated carbocycles. The zero-order chi connectivity index (χ0) is 13.7. The van der Waals surface area contributed by atoms with Crippen LogP contribution < -0.4 is 16.6 Å². The van der Waals surface area contributed by atoms with E-state index in [9.17, 15) is 9.59 Å². The molecule has 0 bridgehead atoms. The minimum atomic E-state index is -0.218. The number of aromatic nitrogens is 1. The van der Waals surface area contributed by atoms with Crippen LogP contribution in [0.4, 0.5) is 5.69 Å². The second kappa shape index (κ2) is 6.22. The Bertz CT molecular complexity index is 534. The van der Waals surface area contributed by atoms with Crippen LogP contribution in [0.25, 0.3) is 0 Å². The summed E-state index contributed by atoms with van der Waals surface area (Å²) in [6.45, 7) is 0.687. The van der Waals surface area contributed by atoms with Gasteiger partial charge >= 0.3 is 0 Å². The Balaban J connectivity index is 1.85. The van der Waals surface area contributed by atoms with E-state index in [0.717, 1.165) is 19.3 Å². The summed E-state index contributed by atoms with van der Waals surface area (Å²) in [7, 11) is 0. The predicted molar refractivity (Wildman–Crippen MR) is 74.6 cm³/mol. The molecule has 0 radical (unpaired) electrons. The Morgan fingerprint density at radius 3 is 3.00 bits per heavy atom. The third kappa shape index (κ3) is 3.98. The van der Waals surface area contributed by atoms with Gasteiger partial charge in [0.1, 0.15) is 6.54 Å². The van der Waals surface area contributed by atoms with Gasteiger partial charge < -0.3 is 15.6 Å². The molecule has 0 spiro atoms. The van der Waals surface area contributed by atoms with Crippen LogP contribution in [0.3, 0.4) is 0 Å². The molecule has 19 heavy (non-hydrogen) atoms. The van der Waals surface area contributed by atoms with Gasteiger partial charge in [-0.2, -0.15) is 0 Å². The molecule has 1 aromatic heterocycles. The normalized spacial score (nSPS) is 18.2. The molecule has 5 heteroatoms. The number of rotatable bonds is 4. The van der Waals surface area contributed by atoms with E-state index in [1.807, 2.05) is 0 Å². The van der Waals surface area contributed by atoms with Gasteiger partial charge in [-0.15, -0.1) is 0 Å². The number of nitrogens with zero attached hydrogens (tertiary/aromatic N) is 1. The summed E-state index contributed by atoms with van der Waals surface area (Å²) in [5.74, 6) is 0.355. The Labute approximate surface area is 112 Å². The summed E-state index contributed by atoms with van der Waals surface area (Å²) in [5.41, 5.74) is 5.85. The number of nitrogen functional groups attached to an aromatic ring is 1. The van der Waals surface area contributed by atoms with Gasteiger partial charge in [-0.3, -0.25) is 9.59 Å². The van der Waals surface area contributed by atoms with Crippen LogP contribution >= 0.6 is 0 Å². The van der Waals surface area contributed by atoms with Crippen molar-refractivity contribution in [3.05, 3.63) is 40.8 Å². The summed E-state index contributed by atoms with van der Waals surface area (Å²) in [6, 6.07) is 2.90. The van der Waals surface area contributed by atoms with Gasteiger partial charge in [0.15, 0.2) is 0 Å². The van der Waals surface area contributed by atoms with E-state index in [1.54, 1.807) is 0 Å². The molecule has 0 aliphatic heterocycles. The van der Waals surface area contributed by atoms with E-state index in [0.29, 0.717) is 18.2 Å². The van der Waals surface area contributed by atoms with E-state index >= 15 is 0 Å². The zero-order valence-corrected chi connectivity index (χ0v) is 10.8. The maximum absolute atomic E-state index is 11.8. The molecule has 102 valence electrons. The van der Waals surface area contributed by atoms with Crippen LogP contribution in [0.1, 0.15) is 19.3 Å². The molecule has 1 aliphatic carbocycles. The van der Waals surface area contributed by atoms with Gasteiger partial charge in [-0.05, 0) is 31.2 Å². The Morgan fingerprint density at radius 2 is 2.26 bits per heavy atom. The molecule has 0 aromatic carbocycles. The number of nitrogens with one attached hydrogen (secondary N) is 1. The first-order valence-electron chi connectivity index (χ1n) is 6.53. The van der Waals surface area contributed by atoms with Crippen molar-refractivity contribution in [3.63, 3.8) is 0 Å². The van der Waals surface area contributed by atoms with Gasteiger partial charge in [0.05, 0.1) is 0 Å². The molecule has 1 aliphatic rings. The Morgan fingerprint density at radius 1 is 1.42 bits per heavy atom. The van der Waals surface area contributed by atoms with Crippen LogP contribution in [0.5, 0.6) is 0 Å². The number of carbonyl (C=O) groups is 1. The molecule has 1 unspecified atom stereocenters. The second-order valence-electron chi connectivity index (χ2n) is 4.88. The van der Waals surface area contributed by atoms with E-state index in [-0.39, 0.29) is 18.0 Å². The lowest BCUT2D eigenvalue weighted by Crippen LogP contribution is -2.35. The minimum Gasteiger partial charge on any atom is -0.398 e. The molecule has 1 aromatic rings. The van der Waals surface area contributed by atoms with Crippen LogP contribution in [0.2, 0.25) is 0 Å². The number of anilines is 1. The average Bonchev–Trinajstić information content (AvgIpc) is 2.42. The molecule has 2 rings (SSSR count). The fourth-order valence-corrected chi connectivity index (χ4v) is 2.18. The third-order valence-electron chi connectivity index (χ3n) is 3.29. The summed E-state index contributed by atoms with van der Waals surface area (Å²) in [6.07, 6.45) is 9.02. The zero-order valence-electron chi connectivity index (χ0n) is 10.8. The second-order valence-corrected chi connectivity index (χ2v) is 4.88. The summed E-state index contributed by atoms with van der Waals surface area (Å²) < 4.78 is 1.32. The van der Waals surface area contributed by atoms with Crippen molar-refractivity contribution >= 4 is 11.6 Å². The SMILES string of the molecule is Nc1ccc(=O)n(CC(=O)NCC2CC=CCC2)c1. The monoisotopic (exact) mass is 261 g/mol. The van der Waals surface area contributed by atoms with Gasteiger partial charge in [0.2, 0.25) is 5.91 Å². The number of amides is 1. The first kappa shape index (κ1) is 13.4. The van der Waals surface area contributed by atoms with Gasteiger partial charge in [-0.1, -0.05) is 12.2 Å².